The van der Waals surface area contributed by atoms with Gasteiger partial charge in [-0.2, -0.15) is 0 Å². The van der Waals surface area contributed by atoms with Crippen molar-refractivity contribution in [2.45, 2.75) is 20.3 Å². The number of rotatable bonds is 2. The predicted octanol–water partition coefficient (Wildman–Crippen LogP) is 2.76. The van der Waals surface area contributed by atoms with Crippen LogP contribution in [0, 0.1) is 5.92 Å². The molecule has 0 radical (unpaired) electrons. The summed E-state index contributed by atoms with van der Waals surface area (Å²) in [5.74, 6) is 0.667. The number of fused-ring (bicyclic) bond motifs is 1. The molecule has 0 aliphatic carbocycles. The van der Waals surface area contributed by atoms with Gasteiger partial charge in [-0.15, -0.1) is 0 Å². The molecule has 0 bridgehead atoms. The Morgan fingerprint density at radius 3 is 2.92 bits per heavy atom. The van der Waals surface area contributed by atoms with Crippen molar-refractivity contribution in [2.75, 3.05) is 0 Å². The van der Waals surface area contributed by atoms with E-state index in [1.54, 1.807) is 0 Å². The van der Waals surface area contributed by atoms with E-state index in [-0.39, 0.29) is 0 Å². The zero-order chi connectivity index (χ0) is 9.26. The van der Waals surface area contributed by atoms with Crippen molar-refractivity contribution in [3.8, 4) is 0 Å². The molecule has 2 heterocycles. The highest BCUT2D eigenvalue weighted by atomic mass is 14.8. The Labute approximate surface area is 78.0 Å². The van der Waals surface area contributed by atoms with Gasteiger partial charge < -0.3 is 4.98 Å². The molecule has 13 heavy (non-hydrogen) atoms. The molecule has 2 rings (SSSR count). The van der Waals surface area contributed by atoms with E-state index in [1.165, 1.54) is 11.1 Å². The summed E-state index contributed by atoms with van der Waals surface area (Å²) in [6.45, 7) is 4.42. The number of nitrogens with one attached hydrogen (secondary N) is 1. The Bertz CT molecular complexity index is 401. The number of H-pyrrole nitrogens is 1. The molecule has 0 unspecified atom stereocenters. The van der Waals surface area contributed by atoms with Gasteiger partial charge in [-0.25, -0.2) is 4.98 Å². The summed E-state index contributed by atoms with van der Waals surface area (Å²) in [5, 5.41) is 1.19. The van der Waals surface area contributed by atoms with Gasteiger partial charge in [-0.1, -0.05) is 13.8 Å². The highest BCUT2D eigenvalue weighted by Gasteiger charge is 2.01. The molecule has 0 aliphatic heterocycles. The van der Waals surface area contributed by atoms with Gasteiger partial charge in [0.1, 0.15) is 5.65 Å². The summed E-state index contributed by atoms with van der Waals surface area (Å²) in [6, 6.07) is 6.27. The van der Waals surface area contributed by atoms with Crippen molar-refractivity contribution in [2.24, 2.45) is 5.92 Å². The molecule has 68 valence electrons. The summed E-state index contributed by atoms with van der Waals surface area (Å²) in [6.07, 6.45) is 2.98. The molecular formula is C11H14N2. The SMILES string of the molecule is CC(C)Cc1ccc2cc[nH]c2n1. The quantitative estimate of drug-likeness (QED) is 0.745. The monoisotopic (exact) mass is 174 g/mol. The van der Waals surface area contributed by atoms with Gasteiger partial charge in [0.2, 0.25) is 0 Å². The first-order valence-electron chi connectivity index (χ1n) is 4.69. The fourth-order valence-electron chi connectivity index (χ4n) is 1.50. The van der Waals surface area contributed by atoms with E-state index in [1.807, 2.05) is 12.3 Å². The van der Waals surface area contributed by atoms with E-state index in [4.69, 9.17) is 0 Å². The second kappa shape index (κ2) is 3.21. The zero-order valence-corrected chi connectivity index (χ0v) is 8.04. The summed E-state index contributed by atoms with van der Waals surface area (Å²) in [5.41, 5.74) is 2.17. The fraction of sp³-hybridized carbons (Fsp3) is 0.364. The average molecular weight is 174 g/mol. The predicted molar refractivity (Wildman–Crippen MR) is 54.6 cm³/mol. The van der Waals surface area contributed by atoms with Crippen molar-refractivity contribution in [1.29, 1.82) is 0 Å². The lowest BCUT2D eigenvalue weighted by Gasteiger charge is -2.03. The number of aromatic nitrogens is 2. The number of hydrogen-bond acceptors (Lipinski definition) is 1. The largest absolute Gasteiger partial charge is 0.346 e. The van der Waals surface area contributed by atoms with Crippen molar-refractivity contribution in [3.05, 3.63) is 30.1 Å². The van der Waals surface area contributed by atoms with Crippen molar-refractivity contribution in [3.63, 3.8) is 0 Å². The number of aromatic amines is 1. The molecule has 0 amide bonds. The van der Waals surface area contributed by atoms with Gasteiger partial charge in [-0.05, 0) is 30.5 Å². The van der Waals surface area contributed by atoms with Crippen LogP contribution in [0.4, 0.5) is 0 Å². The lowest BCUT2D eigenvalue weighted by molar-refractivity contribution is 0.637. The molecule has 0 aliphatic rings. The van der Waals surface area contributed by atoms with Gasteiger partial charge in [0, 0.05) is 17.3 Å². The Hall–Kier alpha value is -1.31. The Kier molecular flexibility index (Phi) is 2.05. The maximum absolute atomic E-state index is 4.52. The topological polar surface area (TPSA) is 28.7 Å². The molecule has 0 spiro atoms. The van der Waals surface area contributed by atoms with E-state index in [9.17, 15) is 0 Å². The molecular weight excluding hydrogens is 160 g/mol. The fourth-order valence-corrected chi connectivity index (χ4v) is 1.50. The Balaban J connectivity index is 2.37. The van der Waals surface area contributed by atoms with Crippen LogP contribution in [0.3, 0.4) is 0 Å². The minimum atomic E-state index is 0.667. The smallest absolute Gasteiger partial charge is 0.137 e. The molecule has 0 atom stereocenters. The molecule has 0 fully saturated rings. The van der Waals surface area contributed by atoms with E-state index in [2.05, 4.69) is 35.9 Å². The van der Waals surface area contributed by atoms with Crippen LogP contribution < -0.4 is 0 Å². The van der Waals surface area contributed by atoms with E-state index < -0.39 is 0 Å². The van der Waals surface area contributed by atoms with Crippen LogP contribution in [0.1, 0.15) is 19.5 Å². The van der Waals surface area contributed by atoms with Gasteiger partial charge in [0.05, 0.1) is 0 Å². The summed E-state index contributed by atoms with van der Waals surface area (Å²) >= 11 is 0. The van der Waals surface area contributed by atoms with Gasteiger partial charge in [-0.3, -0.25) is 0 Å². The maximum atomic E-state index is 4.52. The molecule has 1 N–H and O–H groups in total. The maximum Gasteiger partial charge on any atom is 0.137 e. The van der Waals surface area contributed by atoms with Crippen LogP contribution >= 0.6 is 0 Å². The van der Waals surface area contributed by atoms with Crippen LogP contribution in [0.25, 0.3) is 11.0 Å². The minimum absolute atomic E-state index is 0.667. The van der Waals surface area contributed by atoms with Gasteiger partial charge >= 0.3 is 0 Å². The minimum Gasteiger partial charge on any atom is -0.346 e. The molecule has 2 nitrogen and oxygen atoms in total. The molecule has 0 saturated heterocycles. The highest BCUT2D eigenvalue weighted by Crippen LogP contribution is 2.12. The lowest BCUT2D eigenvalue weighted by atomic mass is 10.1. The first kappa shape index (κ1) is 8.30. The summed E-state index contributed by atoms with van der Waals surface area (Å²) in [4.78, 5) is 7.64. The number of hydrogen-bond donors (Lipinski definition) is 1. The lowest BCUT2D eigenvalue weighted by Crippen LogP contribution is -1.96. The number of pyridine rings is 1. The Morgan fingerprint density at radius 2 is 2.15 bits per heavy atom. The van der Waals surface area contributed by atoms with Crippen molar-refractivity contribution >= 4 is 11.0 Å². The third-order valence-corrected chi connectivity index (χ3v) is 2.08. The van der Waals surface area contributed by atoms with Crippen LogP contribution in [-0.2, 0) is 6.42 Å². The van der Waals surface area contributed by atoms with Gasteiger partial charge in [0.15, 0.2) is 0 Å². The van der Waals surface area contributed by atoms with E-state index in [0.29, 0.717) is 5.92 Å². The van der Waals surface area contributed by atoms with Crippen LogP contribution in [-0.4, -0.2) is 9.97 Å². The molecule has 0 saturated carbocycles. The van der Waals surface area contributed by atoms with Crippen LogP contribution in [0.2, 0.25) is 0 Å². The highest BCUT2D eigenvalue weighted by molar-refractivity contribution is 5.75. The third kappa shape index (κ3) is 1.72. The van der Waals surface area contributed by atoms with Crippen molar-refractivity contribution < 1.29 is 0 Å². The molecule has 2 heteroatoms. The van der Waals surface area contributed by atoms with Gasteiger partial charge in [0.25, 0.3) is 0 Å². The first-order chi connectivity index (χ1) is 6.25. The molecule has 2 aromatic rings. The standard InChI is InChI=1S/C11H14N2/c1-8(2)7-10-4-3-9-5-6-12-11(9)13-10/h3-6,8H,7H2,1-2H3,(H,12,13). The Morgan fingerprint density at radius 1 is 1.31 bits per heavy atom. The third-order valence-electron chi connectivity index (χ3n) is 2.08. The first-order valence-corrected chi connectivity index (χ1v) is 4.69. The molecule has 2 aromatic heterocycles. The second-order valence-corrected chi connectivity index (χ2v) is 3.82. The van der Waals surface area contributed by atoms with E-state index >= 15 is 0 Å². The van der Waals surface area contributed by atoms with E-state index in [0.717, 1.165) is 12.1 Å². The summed E-state index contributed by atoms with van der Waals surface area (Å²) < 4.78 is 0. The average Bonchev–Trinajstić information content (AvgIpc) is 2.49. The normalized spacial score (nSPS) is 11.3. The van der Waals surface area contributed by atoms with Crippen LogP contribution in [0.15, 0.2) is 24.4 Å². The van der Waals surface area contributed by atoms with Crippen LogP contribution in [0.5, 0.6) is 0 Å². The second-order valence-electron chi connectivity index (χ2n) is 3.82. The summed E-state index contributed by atoms with van der Waals surface area (Å²) in [7, 11) is 0. The van der Waals surface area contributed by atoms with Crippen molar-refractivity contribution in [1.82, 2.24) is 9.97 Å². The molecule has 0 aromatic carbocycles. The number of nitrogens with zero attached hydrogens (tertiary/aromatic N) is 1. The zero-order valence-electron chi connectivity index (χ0n) is 8.04.